The van der Waals surface area contributed by atoms with Crippen LogP contribution in [0.1, 0.15) is 31.4 Å². The number of hydrogen-bond donors (Lipinski definition) is 3. The van der Waals surface area contributed by atoms with E-state index in [0.717, 1.165) is 6.42 Å². The number of nitrogens with one attached hydrogen (secondary N) is 3. The van der Waals surface area contributed by atoms with E-state index in [-0.39, 0.29) is 17.6 Å². The molecule has 9 nitrogen and oxygen atoms in total. The maximum Gasteiger partial charge on any atom is 0.246 e. The van der Waals surface area contributed by atoms with Gasteiger partial charge in [0, 0.05) is 43.2 Å². The van der Waals surface area contributed by atoms with Crippen LogP contribution in [0.3, 0.4) is 0 Å². The average molecular weight is 558 g/mol. The Hall–Kier alpha value is -4.75. The van der Waals surface area contributed by atoms with E-state index in [1.807, 2.05) is 32.0 Å². The number of carbonyl (C=O) groups excluding carboxylic acids is 2. The standard InChI is InChI=1S/C31H36FN7O2/c1-6-17-33-29-24(21-34-31(37-29)36-27-13-8-11-25(32)20-27)16-15-23-10-7-12-26(19-23)35-30(41)22(2)39(5)28(40)14-9-18-38(3)4/h7-14,19-22H,6,17-18H2,1-5H3,(H,35,41)(H2,33,34,36,37)/b14-9+. The summed E-state index contributed by atoms with van der Waals surface area (Å²) in [5.74, 6) is 6.15. The second-order valence-electron chi connectivity index (χ2n) is 9.63. The summed E-state index contributed by atoms with van der Waals surface area (Å²) in [6.45, 7) is 5.04. The minimum Gasteiger partial charge on any atom is -0.369 e. The van der Waals surface area contributed by atoms with Crippen LogP contribution in [0, 0.1) is 17.7 Å². The smallest absolute Gasteiger partial charge is 0.246 e. The van der Waals surface area contributed by atoms with E-state index < -0.39 is 6.04 Å². The van der Waals surface area contributed by atoms with E-state index in [9.17, 15) is 14.0 Å². The molecule has 0 fully saturated rings. The normalized spacial score (nSPS) is 11.5. The van der Waals surface area contributed by atoms with Gasteiger partial charge in [-0.15, -0.1) is 0 Å². The quantitative estimate of drug-likeness (QED) is 0.236. The van der Waals surface area contributed by atoms with Gasteiger partial charge >= 0.3 is 0 Å². The van der Waals surface area contributed by atoms with Crippen LogP contribution in [-0.2, 0) is 9.59 Å². The van der Waals surface area contributed by atoms with E-state index >= 15 is 0 Å². The second-order valence-corrected chi connectivity index (χ2v) is 9.63. The van der Waals surface area contributed by atoms with Crippen LogP contribution in [-0.4, -0.2) is 71.9 Å². The number of carbonyl (C=O) groups is 2. The highest BCUT2D eigenvalue weighted by Gasteiger charge is 2.21. The second kappa shape index (κ2) is 15.1. The van der Waals surface area contributed by atoms with Gasteiger partial charge in [0.15, 0.2) is 0 Å². The summed E-state index contributed by atoms with van der Waals surface area (Å²) < 4.78 is 13.6. The Morgan fingerprint density at radius 1 is 1.07 bits per heavy atom. The van der Waals surface area contributed by atoms with Crippen LogP contribution in [0.15, 0.2) is 66.9 Å². The minimum atomic E-state index is -0.676. The molecular formula is C31H36FN7O2. The maximum absolute atomic E-state index is 13.6. The van der Waals surface area contributed by atoms with Crippen LogP contribution in [0.5, 0.6) is 0 Å². The van der Waals surface area contributed by atoms with Crippen molar-refractivity contribution in [3.05, 3.63) is 83.8 Å². The van der Waals surface area contributed by atoms with Gasteiger partial charge in [-0.1, -0.05) is 37.0 Å². The van der Waals surface area contributed by atoms with E-state index in [4.69, 9.17) is 0 Å². The number of amides is 2. The first-order valence-electron chi connectivity index (χ1n) is 13.3. The average Bonchev–Trinajstić information content (AvgIpc) is 2.94. The first-order chi connectivity index (χ1) is 19.7. The monoisotopic (exact) mass is 557 g/mol. The lowest BCUT2D eigenvalue weighted by molar-refractivity contribution is -0.132. The first-order valence-corrected chi connectivity index (χ1v) is 13.3. The van der Waals surface area contributed by atoms with Gasteiger partial charge in [-0.05, 0) is 63.8 Å². The number of rotatable bonds is 11. The SMILES string of the molecule is CCCNc1nc(Nc2cccc(F)c2)ncc1C#Cc1cccc(NC(=O)C(C)N(C)C(=O)/C=C/CN(C)C)c1. The molecule has 41 heavy (non-hydrogen) atoms. The molecule has 2 aromatic carbocycles. The molecule has 3 aromatic rings. The minimum absolute atomic E-state index is 0.249. The Balaban J connectivity index is 1.72. The van der Waals surface area contributed by atoms with Crippen molar-refractivity contribution < 1.29 is 14.0 Å². The lowest BCUT2D eigenvalue weighted by Crippen LogP contribution is -2.42. The van der Waals surface area contributed by atoms with E-state index in [2.05, 4.69) is 37.8 Å². The third-order valence-corrected chi connectivity index (χ3v) is 5.92. The molecule has 2 amide bonds. The Bertz CT molecular complexity index is 1450. The molecule has 0 aliphatic rings. The zero-order valence-corrected chi connectivity index (χ0v) is 24.0. The van der Waals surface area contributed by atoms with Crippen LogP contribution < -0.4 is 16.0 Å². The number of anilines is 4. The molecule has 3 N–H and O–H groups in total. The van der Waals surface area contributed by atoms with Crippen LogP contribution in [0.4, 0.5) is 27.5 Å². The third kappa shape index (κ3) is 9.74. The molecule has 0 saturated heterocycles. The van der Waals surface area contributed by atoms with Crippen molar-refractivity contribution in [1.82, 2.24) is 19.8 Å². The molecule has 0 aliphatic heterocycles. The summed E-state index contributed by atoms with van der Waals surface area (Å²) in [6, 6.07) is 12.5. The fourth-order valence-corrected chi connectivity index (χ4v) is 3.52. The van der Waals surface area contributed by atoms with Gasteiger partial charge in [-0.2, -0.15) is 4.98 Å². The number of aromatic nitrogens is 2. The van der Waals surface area contributed by atoms with Crippen molar-refractivity contribution in [3.63, 3.8) is 0 Å². The largest absolute Gasteiger partial charge is 0.369 e. The van der Waals surface area contributed by atoms with E-state index in [1.54, 1.807) is 56.6 Å². The van der Waals surface area contributed by atoms with Crippen LogP contribution in [0.25, 0.3) is 0 Å². The summed E-state index contributed by atoms with van der Waals surface area (Å²) in [6.07, 6.45) is 5.72. The van der Waals surface area contributed by atoms with Crippen molar-refractivity contribution in [3.8, 4) is 11.8 Å². The number of benzene rings is 2. The predicted octanol–water partition coefficient (Wildman–Crippen LogP) is 4.48. The summed E-state index contributed by atoms with van der Waals surface area (Å²) in [5.41, 5.74) is 2.37. The number of likely N-dealkylation sites (N-methyl/N-ethyl adjacent to an activating group) is 2. The molecule has 0 saturated carbocycles. The Kier molecular flexibility index (Phi) is 11.4. The maximum atomic E-state index is 13.6. The molecule has 0 radical (unpaired) electrons. The highest BCUT2D eigenvalue weighted by atomic mass is 19.1. The zero-order chi connectivity index (χ0) is 29.8. The van der Waals surface area contributed by atoms with Crippen molar-refractivity contribution in [2.75, 3.05) is 50.2 Å². The van der Waals surface area contributed by atoms with E-state index in [1.165, 1.54) is 23.1 Å². The molecule has 1 heterocycles. The number of nitrogens with zero attached hydrogens (tertiary/aromatic N) is 4. The molecule has 0 bridgehead atoms. The summed E-state index contributed by atoms with van der Waals surface area (Å²) in [7, 11) is 5.42. The predicted molar refractivity (Wildman–Crippen MR) is 161 cm³/mol. The molecule has 3 rings (SSSR count). The molecule has 10 heteroatoms. The molecule has 0 spiro atoms. The van der Waals surface area contributed by atoms with Gasteiger partial charge in [-0.3, -0.25) is 9.59 Å². The van der Waals surface area contributed by atoms with Crippen LogP contribution >= 0.6 is 0 Å². The fourth-order valence-electron chi connectivity index (χ4n) is 3.52. The van der Waals surface area contributed by atoms with Crippen molar-refractivity contribution >= 4 is 35.0 Å². The zero-order valence-electron chi connectivity index (χ0n) is 24.0. The van der Waals surface area contributed by atoms with Gasteiger partial charge < -0.3 is 25.8 Å². The summed E-state index contributed by atoms with van der Waals surface area (Å²) >= 11 is 0. The molecule has 0 aliphatic carbocycles. The fraction of sp³-hybridized carbons (Fsp3) is 0.290. The van der Waals surface area contributed by atoms with Crippen molar-refractivity contribution in [2.24, 2.45) is 0 Å². The van der Waals surface area contributed by atoms with Gasteiger partial charge in [-0.25, -0.2) is 9.37 Å². The topological polar surface area (TPSA) is 102 Å². The van der Waals surface area contributed by atoms with Gasteiger partial charge in [0.25, 0.3) is 0 Å². The summed E-state index contributed by atoms with van der Waals surface area (Å²) in [4.78, 5) is 37.4. The molecular weight excluding hydrogens is 521 g/mol. The van der Waals surface area contributed by atoms with Gasteiger partial charge in [0.05, 0.1) is 11.8 Å². The third-order valence-electron chi connectivity index (χ3n) is 5.92. The molecule has 1 atom stereocenters. The Morgan fingerprint density at radius 3 is 2.56 bits per heavy atom. The molecule has 1 aromatic heterocycles. The highest BCUT2D eigenvalue weighted by molar-refractivity contribution is 5.98. The molecule has 1 unspecified atom stereocenters. The number of hydrogen-bond acceptors (Lipinski definition) is 7. The first kappa shape index (κ1) is 30.8. The molecule has 214 valence electrons. The lowest BCUT2D eigenvalue weighted by atomic mass is 10.1. The van der Waals surface area contributed by atoms with Crippen LogP contribution in [0.2, 0.25) is 0 Å². The van der Waals surface area contributed by atoms with E-state index in [0.29, 0.717) is 47.4 Å². The van der Waals surface area contributed by atoms with Crippen molar-refractivity contribution in [2.45, 2.75) is 26.3 Å². The van der Waals surface area contributed by atoms with Crippen molar-refractivity contribution in [1.29, 1.82) is 0 Å². The highest BCUT2D eigenvalue weighted by Crippen LogP contribution is 2.18. The Labute approximate surface area is 240 Å². The van der Waals surface area contributed by atoms with Gasteiger partial charge in [0.2, 0.25) is 17.8 Å². The lowest BCUT2D eigenvalue weighted by Gasteiger charge is -2.23. The number of halogens is 1. The summed E-state index contributed by atoms with van der Waals surface area (Å²) in [5, 5.41) is 9.13. The Morgan fingerprint density at radius 2 is 1.83 bits per heavy atom. The van der Waals surface area contributed by atoms with Gasteiger partial charge in [0.1, 0.15) is 17.7 Å².